The van der Waals surface area contributed by atoms with Crippen LogP contribution in [0.25, 0.3) is 0 Å². The molecule has 0 aromatic carbocycles. The molecular formula is C11H21N. The van der Waals surface area contributed by atoms with Gasteiger partial charge in [0, 0.05) is 0 Å². The lowest BCUT2D eigenvalue weighted by atomic mass is 9.85. The van der Waals surface area contributed by atoms with Crippen molar-refractivity contribution in [2.45, 2.75) is 34.1 Å². The fraction of sp³-hybridized carbons (Fsp3) is 0.818. The second-order valence-electron chi connectivity index (χ2n) is 4.18. The lowest BCUT2D eigenvalue weighted by Crippen LogP contribution is -2.17. The predicted molar refractivity (Wildman–Crippen MR) is 53.9 cm³/mol. The molecule has 0 spiro atoms. The van der Waals surface area contributed by atoms with Gasteiger partial charge < -0.3 is 5.73 Å². The maximum absolute atomic E-state index is 5.61. The molecule has 0 radical (unpaired) electrons. The summed E-state index contributed by atoms with van der Waals surface area (Å²) in [5.74, 6) is 2.31. The summed E-state index contributed by atoms with van der Waals surface area (Å²) in [5, 5.41) is 0. The molecule has 1 rings (SSSR count). The number of rotatable bonds is 2. The molecule has 1 aliphatic rings. The zero-order valence-corrected chi connectivity index (χ0v) is 8.72. The van der Waals surface area contributed by atoms with Gasteiger partial charge in [-0.25, -0.2) is 0 Å². The molecule has 0 fully saturated rings. The summed E-state index contributed by atoms with van der Waals surface area (Å²) in [6.07, 6.45) is 1.18. The Balaban J connectivity index is 2.73. The molecule has 0 amide bonds. The Morgan fingerprint density at radius 1 is 1.08 bits per heavy atom. The van der Waals surface area contributed by atoms with E-state index in [2.05, 4.69) is 27.7 Å². The van der Waals surface area contributed by atoms with E-state index in [1.807, 2.05) is 0 Å². The molecule has 2 unspecified atom stereocenters. The van der Waals surface area contributed by atoms with Crippen LogP contribution < -0.4 is 5.73 Å². The van der Waals surface area contributed by atoms with Crippen molar-refractivity contribution < 1.29 is 0 Å². The molecule has 70 valence electrons. The molecular weight excluding hydrogens is 146 g/mol. The summed E-state index contributed by atoms with van der Waals surface area (Å²) >= 11 is 0. The normalized spacial score (nSPS) is 36.2. The number of hydrogen-bond acceptors (Lipinski definition) is 1. The molecule has 0 aromatic heterocycles. The standard InChI is InChI=1S/C11H21N/c1-7-8(2)10(4)11(5-6-12)9(7)3/h9-11H,5-6,12H2,1-4H3. The van der Waals surface area contributed by atoms with E-state index in [9.17, 15) is 0 Å². The van der Waals surface area contributed by atoms with Gasteiger partial charge in [-0.2, -0.15) is 0 Å². The average molecular weight is 167 g/mol. The van der Waals surface area contributed by atoms with Gasteiger partial charge in [0.1, 0.15) is 0 Å². The highest BCUT2D eigenvalue weighted by atomic mass is 14.5. The topological polar surface area (TPSA) is 26.0 Å². The summed E-state index contributed by atoms with van der Waals surface area (Å²) < 4.78 is 0. The molecule has 12 heavy (non-hydrogen) atoms. The van der Waals surface area contributed by atoms with E-state index in [-0.39, 0.29) is 0 Å². The maximum atomic E-state index is 5.61. The van der Waals surface area contributed by atoms with Crippen LogP contribution in [0, 0.1) is 17.8 Å². The van der Waals surface area contributed by atoms with Crippen LogP contribution in [0.4, 0.5) is 0 Å². The molecule has 0 aromatic rings. The molecule has 0 heterocycles. The highest BCUT2D eigenvalue weighted by Crippen LogP contribution is 2.42. The first-order valence-corrected chi connectivity index (χ1v) is 4.97. The molecule has 2 atom stereocenters. The van der Waals surface area contributed by atoms with Gasteiger partial charge >= 0.3 is 0 Å². The molecule has 0 saturated carbocycles. The molecule has 1 aliphatic carbocycles. The van der Waals surface area contributed by atoms with Gasteiger partial charge in [-0.15, -0.1) is 0 Å². The predicted octanol–water partition coefficient (Wildman–Crippen LogP) is 2.57. The summed E-state index contributed by atoms with van der Waals surface area (Å²) in [6.45, 7) is 10.0. The zero-order valence-electron chi connectivity index (χ0n) is 8.72. The number of allylic oxidation sites excluding steroid dienone is 2. The Labute approximate surface area is 76.0 Å². The van der Waals surface area contributed by atoms with Gasteiger partial charge in [0.05, 0.1) is 0 Å². The minimum atomic E-state index is 0.753. The third-order valence-electron chi connectivity index (χ3n) is 3.77. The monoisotopic (exact) mass is 167 g/mol. The molecule has 0 saturated heterocycles. The van der Waals surface area contributed by atoms with Crippen LogP contribution in [-0.2, 0) is 0 Å². The first-order valence-electron chi connectivity index (χ1n) is 4.97. The number of nitrogens with two attached hydrogens (primary N) is 1. The maximum Gasteiger partial charge on any atom is -0.00742 e. The molecule has 0 bridgehead atoms. The number of hydrogen-bond donors (Lipinski definition) is 1. The van der Waals surface area contributed by atoms with E-state index in [4.69, 9.17) is 5.73 Å². The molecule has 2 N–H and O–H groups in total. The summed E-state index contributed by atoms with van der Waals surface area (Å²) in [6, 6.07) is 0. The Morgan fingerprint density at radius 2 is 1.50 bits per heavy atom. The van der Waals surface area contributed by atoms with E-state index >= 15 is 0 Å². The lowest BCUT2D eigenvalue weighted by Gasteiger charge is -2.20. The molecule has 0 aliphatic heterocycles. The van der Waals surface area contributed by atoms with Crippen molar-refractivity contribution in [1.82, 2.24) is 0 Å². The van der Waals surface area contributed by atoms with Crippen molar-refractivity contribution >= 4 is 0 Å². The van der Waals surface area contributed by atoms with E-state index < -0.39 is 0 Å². The average Bonchev–Trinajstić information content (AvgIpc) is 2.23. The minimum absolute atomic E-state index is 0.753. The van der Waals surface area contributed by atoms with E-state index in [1.165, 1.54) is 6.42 Å². The van der Waals surface area contributed by atoms with Crippen molar-refractivity contribution in [1.29, 1.82) is 0 Å². The van der Waals surface area contributed by atoms with Crippen LogP contribution >= 0.6 is 0 Å². The van der Waals surface area contributed by atoms with Crippen molar-refractivity contribution in [3.63, 3.8) is 0 Å². The SMILES string of the molecule is CC1=C(C)C(C)C(CCN)C1C. The third kappa shape index (κ3) is 1.42. The Morgan fingerprint density at radius 3 is 1.83 bits per heavy atom. The van der Waals surface area contributed by atoms with Crippen LogP contribution in [0.15, 0.2) is 11.1 Å². The van der Waals surface area contributed by atoms with Crippen molar-refractivity contribution in [2.75, 3.05) is 6.54 Å². The quantitative estimate of drug-likeness (QED) is 0.628. The summed E-state index contributed by atoms with van der Waals surface area (Å²) in [4.78, 5) is 0. The molecule has 1 heteroatoms. The fourth-order valence-corrected chi connectivity index (χ4v) is 2.49. The fourth-order valence-electron chi connectivity index (χ4n) is 2.49. The highest BCUT2D eigenvalue weighted by Gasteiger charge is 2.32. The van der Waals surface area contributed by atoms with Crippen LogP contribution in [0.1, 0.15) is 34.1 Å². The van der Waals surface area contributed by atoms with Crippen molar-refractivity contribution in [2.24, 2.45) is 23.5 Å². The Hall–Kier alpha value is -0.300. The van der Waals surface area contributed by atoms with Gasteiger partial charge in [0.2, 0.25) is 0 Å². The van der Waals surface area contributed by atoms with Crippen molar-refractivity contribution in [3.8, 4) is 0 Å². The van der Waals surface area contributed by atoms with Gasteiger partial charge in [-0.1, -0.05) is 25.0 Å². The van der Waals surface area contributed by atoms with Crippen LogP contribution in [-0.4, -0.2) is 6.54 Å². The van der Waals surface area contributed by atoms with Gasteiger partial charge in [0.25, 0.3) is 0 Å². The van der Waals surface area contributed by atoms with Gasteiger partial charge in [-0.05, 0) is 44.6 Å². The zero-order chi connectivity index (χ0) is 9.30. The van der Waals surface area contributed by atoms with Gasteiger partial charge in [-0.3, -0.25) is 0 Å². The summed E-state index contributed by atoms with van der Waals surface area (Å²) in [5.41, 5.74) is 8.80. The van der Waals surface area contributed by atoms with E-state index in [0.29, 0.717) is 0 Å². The second-order valence-corrected chi connectivity index (χ2v) is 4.18. The van der Waals surface area contributed by atoms with Crippen LogP contribution in [0.3, 0.4) is 0 Å². The van der Waals surface area contributed by atoms with Crippen LogP contribution in [0.2, 0.25) is 0 Å². The highest BCUT2D eigenvalue weighted by molar-refractivity contribution is 5.23. The van der Waals surface area contributed by atoms with Gasteiger partial charge in [0.15, 0.2) is 0 Å². The first-order chi connectivity index (χ1) is 5.59. The summed E-state index contributed by atoms with van der Waals surface area (Å²) in [7, 11) is 0. The first kappa shape index (κ1) is 9.79. The Bertz CT molecular complexity index is 175. The lowest BCUT2D eigenvalue weighted by molar-refractivity contribution is 0.337. The van der Waals surface area contributed by atoms with Crippen LogP contribution in [0.5, 0.6) is 0 Å². The smallest absolute Gasteiger partial charge is 0.00742 e. The Kier molecular flexibility index (Phi) is 2.94. The van der Waals surface area contributed by atoms with E-state index in [1.54, 1.807) is 11.1 Å². The van der Waals surface area contributed by atoms with E-state index in [0.717, 1.165) is 24.3 Å². The minimum Gasteiger partial charge on any atom is -0.330 e. The molecule has 1 nitrogen and oxygen atoms in total. The van der Waals surface area contributed by atoms with Crippen molar-refractivity contribution in [3.05, 3.63) is 11.1 Å². The largest absolute Gasteiger partial charge is 0.330 e. The second kappa shape index (κ2) is 3.61. The third-order valence-corrected chi connectivity index (χ3v) is 3.77.